The Morgan fingerprint density at radius 3 is 1.76 bits per heavy atom. The predicted molar refractivity (Wildman–Crippen MR) is 221 cm³/mol. The maximum absolute atomic E-state index is 15.1. The molecule has 0 radical (unpaired) electrons. The van der Waals surface area contributed by atoms with Gasteiger partial charge in [-0.25, -0.2) is 4.79 Å². The smallest absolute Gasteiger partial charge is 0.356 e. The molecule has 1 saturated heterocycles. The monoisotopic (exact) mass is 762 g/mol. The largest absolute Gasteiger partial charge is 0.457 e. The van der Waals surface area contributed by atoms with Crippen molar-refractivity contribution < 1.29 is 28.3 Å². The van der Waals surface area contributed by atoms with Gasteiger partial charge in [0.1, 0.15) is 12.0 Å². The number of Topliss-reactive ketones (excluding diaryl/α,β-unsaturated/α-hetero) is 1. The minimum atomic E-state index is -3.19. The minimum Gasteiger partial charge on any atom is -0.457 e. The van der Waals surface area contributed by atoms with Crippen molar-refractivity contribution in [1.82, 2.24) is 4.90 Å². The molecule has 10 heteroatoms. The number of likely N-dealkylation sites (tertiary alicyclic amines) is 1. The van der Waals surface area contributed by atoms with Crippen molar-refractivity contribution in [2.45, 2.75) is 70.8 Å². The first kappa shape index (κ1) is 40.4. The van der Waals surface area contributed by atoms with Gasteiger partial charge in [-0.2, -0.15) is 0 Å². The van der Waals surface area contributed by atoms with Gasteiger partial charge in [0.05, 0.1) is 24.5 Å². The number of benzene rings is 4. The fourth-order valence-corrected chi connectivity index (χ4v) is 12.8. The summed E-state index contributed by atoms with van der Waals surface area (Å²) in [5.41, 5.74) is 6.72. The summed E-state index contributed by atoms with van der Waals surface area (Å²) in [5.74, 6) is -2.35. The first-order chi connectivity index (χ1) is 25.6. The molecule has 1 aliphatic heterocycles. The first-order valence-corrected chi connectivity index (χ1v) is 23.0. The van der Waals surface area contributed by atoms with E-state index < -0.39 is 45.1 Å². The van der Waals surface area contributed by atoms with Crippen molar-refractivity contribution in [2.24, 2.45) is 11.7 Å². The van der Waals surface area contributed by atoms with Gasteiger partial charge in [0, 0.05) is 18.9 Å². The lowest BCUT2D eigenvalue weighted by molar-refractivity contribution is -0.156. The molecule has 8 nitrogen and oxygen atoms in total. The van der Waals surface area contributed by atoms with Crippen molar-refractivity contribution in [2.75, 3.05) is 6.61 Å². The highest BCUT2D eigenvalue weighted by atomic mass is 31.2. The number of carbonyl (C=O) groups is 4. The van der Waals surface area contributed by atoms with Crippen molar-refractivity contribution in [3.63, 3.8) is 0 Å². The van der Waals surface area contributed by atoms with E-state index in [4.69, 9.17) is 14.9 Å². The highest BCUT2D eigenvalue weighted by molar-refractivity contribution is 7.96. The molecule has 282 valence electrons. The molecule has 4 aromatic rings. The van der Waals surface area contributed by atoms with E-state index in [0.29, 0.717) is 11.1 Å². The summed E-state index contributed by atoms with van der Waals surface area (Å²) in [4.78, 5) is 57.3. The second kappa shape index (κ2) is 16.7. The molecule has 0 aromatic heterocycles. The van der Waals surface area contributed by atoms with Crippen LogP contribution in [-0.2, 0) is 30.0 Å². The molecule has 0 spiro atoms. The van der Waals surface area contributed by atoms with E-state index >= 15 is 4.79 Å². The van der Waals surface area contributed by atoms with E-state index in [1.165, 1.54) is 6.08 Å². The molecule has 0 saturated carbocycles. The molecule has 4 aromatic carbocycles. The fourth-order valence-electron chi connectivity index (χ4n) is 6.96. The van der Waals surface area contributed by atoms with Gasteiger partial charge in [-0.05, 0) is 46.5 Å². The van der Waals surface area contributed by atoms with Crippen LogP contribution in [-0.4, -0.2) is 61.0 Å². The van der Waals surface area contributed by atoms with Gasteiger partial charge in [0.15, 0.2) is 14.1 Å². The Balaban J connectivity index is 1.80. The second-order valence-electron chi connectivity index (χ2n) is 15.2. The molecular weight excluding hydrogens is 712 g/mol. The van der Waals surface area contributed by atoms with Gasteiger partial charge >= 0.3 is 5.97 Å². The molecular formula is C44H51N2O6PSi. The van der Waals surface area contributed by atoms with Gasteiger partial charge in [-0.3, -0.25) is 14.4 Å². The van der Waals surface area contributed by atoms with E-state index in [1.54, 1.807) is 29.2 Å². The summed E-state index contributed by atoms with van der Waals surface area (Å²) in [7, 11) is -2.38. The van der Waals surface area contributed by atoms with Gasteiger partial charge in [0.2, 0.25) is 11.8 Å². The number of primary amides is 1. The number of hydrogen-bond donors (Lipinski definition) is 1. The zero-order chi connectivity index (χ0) is 39.3. The number of β-lactam (4-membered cyclic amide) rings is 1. The van der Waals surface area contributed by atoms with Crippen molar-refractivity contribution >= 4 is 60.1 Å². The number of esters is 1. The van der Waals surface area contributed by atoms with Crippen molar-refractivity contribution in [1.29, 1.82) is 0 Å². The second-order valence-corrected chi connectivity index (χ2v) is 23.3. The van der Waals surface area contributed by atoms with Crippen LogP contribution in [0.15, 0.2) is 128 Å². The van der Waals surface area contributed by atoms with Crippen molar-refractivity contribution in [3.05, 3.63) is 139 Å². The summed E-state index contributed by atoms with van der Waals surface area (Å²) in [5, 5.41) is 2.42. The van der Waals surface area contributed by atoms with E-state index in [2.05, 4.69) is 40.4 Å². The van der Waals surface area contributed by atoms with Gasteiger partial charge in [-0.1, -0.05) is 149 Å². The maximum atomic E-state index is 15.1. The SMILES string of the molecule is C=CCOC(=O)C(N1C(=O)[C@H](C(C)O[Si](C)(C)C(C)(C)C)[C@H]1CC(=O)c1ccc(CC(N)=O)cc1)=P(c1ccccc1)(c1ccccc1)c1ccccc1. The molecule has 54 heavy (non-hydrogen) atoms. The molecule has 1 heterocycles. The number of ether oxygens (including phenoxy) is 1. The lowest BCUT2D eigenvalue weighted by Gasteiger charge is -2.53. The third-order valence-electron chi connectivity index (χ3n) is 10.6. The van der Waals surface area contributed by atoms with Crippen LogP contribution in [0.4, 0.5) is 0 Å². The lowest BCUT2D eigenvalue weighted by atomic mass is 9.79. The average Bonchev–Trinajstić information content (AvgIpc) is 3.14. The minimum absolute atomic E-state index is 0.0547. The van der Waals surface area contributed by atoms with Gasteiger partial charge in [-0.15, -0.1) is 0 Å². The van der Waals surface area contributed by atoms with E-state index in [1.807, 2.05) is 97.9 Å². The molecule has 5 rings (SSSR count). The summed E-state index contributed by atoms with van der Waals surface area (Å²) < 4.78 is 12.8. The summed E-state index contributed by atoms with van der Waals surface area (Å²) in [6.45, 7) is 13.1. The molecule has 1 fully saturated rings. The van der Waals surface area contributed by atoms with E-state index in [0.717, 1.165) is 15.9 Å². The number of nitrogens with zero attached hydrogens (tertiary/aromatic N) is 1. The molecule has 3 atom stereocenters. The fraction of sp³-hybridized carbons (Fsp3) is 0.295. The number of amides is 2. The number of ketones is 1. The van der Waals surface area contributed by atoms with Crippen molar-refractivity contribution in [3.8, 4) is 0 Å². The molecule has 2 N–H and O–H groups in total. The van der Waals surface area contributed by atoms with Gasteiger partial charge in [0.25, 0.3) is 0 Å². The number of carbonyl (C=O) groups excluding carboxylic acids is 4. The zero-order valence-electron chi connectivity index (χ0n) is 32.0. The van der Waals surface area contributed by atoms with Crippen LogP contribution >= 0.6 is 6.89 Å². The maximum Gasteiger partial charge on any atom is 0.356 e. The normalized spacial score (nSPS) is 16.6. The van der Waals surface area contributed by atoms with Crippen LogP contribution in [0.1, 0.15) is 50.0 Å². The van der Waals surface area contributed by atoms with Crippen LogP contribution < -0.4 is 21.6 Å². The summed E-state index contributed by atoms with van der Waals surface area (Å²) in [6, 6.07) is 35.3. The predicted octanol–water partition coefficient (Wildman–Crippen LogP) is 6.38. The average molecular weight is 763 g/mol. The molecule has 0 aliphatic carbocycles. The highest BCUT2D eigenvalue weighted by Crippen LogP contribution is 2.50. The lowest BCUT2D eigenvalue weighted by Crippen LogP contribution is -2.69. The van der Waals surface area contributed by atoms with E-state index in [9.17, 15) is 14.4 Å². The van der Waals surface area contributed by atoms with E-state index in [-0.39, 0.29) is 41.6 Å². The standard InChI is InChI=1S/C44H51N2O6PSi/c1-8-28-51-43(50)42(53(34-18-12-9-13-19-34,35-20-14-10-15-21-35)36-22-16-11-17-23-36)46-37(30-38(47)33-26-24-32(25-27-33)29-39(45)48)40(41(46)49)31(2)52-54(6,7)44(3,4)5/h8-27,31,37,40H,1,28-30H2,2-7H3,(H2,45,48)/t31?,37-,40-/m1/s1. The van der Waals surface area contributed by atoms with Gasteiger partial charge < -0.3 is 19.8 Å². The van der Waals surface area contributed by atoms with Crippen LogP contribution in [0.3, 0.4) is 0 Å². The highest BCUT2D eigenvalue weighted by Gasteiger charge is 2.57. The Morgan fingerprint density at radius 2 is 1.33 bits per heavy atom. The van der Waals surface area contributed by atoms with Crippen LogP contribution in [0.5, 0.6) is 0 Å². The third-order valence-corrected chi connectivity index (χ3v) is 19.4. The van der Waals surface area contributed by atoms with Crippen LogP contribution in [0, 0.1) is 5.92 Å². The third kappa shape index (κ3) is 8.14. The zero-order valence-corrected chi connectivity index (χ0v) is 33.9. The van der Waals surface area contributed by atoms with Crippen LogP contribution in [0.2, 0.25) is 18.1 Å². The van der Waals surface area contributed by atoms with Crippen LogP contribution in [0.25, 0.3) is 0 Å². The number of rotatable bonds is 15. The molecule has 2 amide bonds. The Kier molecular flexibility index (Phi) is 12.5. The Bertz CT molecular complexity index is 1940. The number of nitrogens with two attached hydrogens (primary N) is 1. The Morgan fingerprint density at radius 1 is 0.852 bits per heavy atom. The Hall–Kier alpha value is -4.82. The summed E-state index contributed by atoms with van der Waals surface area (Å²) >= 11 is 0. The molecule has 1 unspecified atom stereocenters. The molecule has 1 aliphatic rings. The Labute approximate surface area is 320 Å². The first-order valence-electron chi connectivity index (χ1n) is 18.3. The topological polar surface area (TPSA) is 116 Å². The number of hydrogen-bond acceptors (Lipinski definition) is 6. The summed E-state index contributed by atoms with van der Waals surface area (Å²) in [6.07, 6.45) is 0.933. The molecule has 0 bridgehead atoms. The quantitative estimate of drug-likeness (QED) is 0.0376.